The molecule has 2 aromatic carbocycles. The van der Waals surface area contributed by atoms with E-state index >= 15 is 0 Å². The highest BCUT2D eigenvalue weighted by molar-refractivity contribution is 5.94. The van der Waals surface area contributed by atoms with Gasteiger partial charge in [0.15, 0.2) is 0 Å². The number of anilines is 1. The fourth-order valence-electron chi connectivity index (χ4n) is 4.26. The average molecular weight is 451 g/mol. The molecule has 0 fully saturated rings. The van der Waals surface area contributed by atoms with Crippen molar-refractivity contribution in [3.8, 4) is 5.75 Å². The van der Waals surface area contributed by atoms with Crippen LogP contribution in [0, 0.1) is 12.8 Å². The summed E-state index contributed by atoms with van der Waals surface area (Å²) in [5, 5.41) is 4.72. The Hall–Kier alpha value is -3.28. The predicted octanol–water partition coefficient (Wildman–Crippen LogP) is 6.00. The van der Waals surface area contributed by atoms with Crippen molar-refractivity contribution in [1.82, 2.24) is 4.90 Å². The normalized spacial score (nSPS) is 12.1. The average Bonchev–Trinajstić information content (AvgIpc) is 3.17. The van der Waals surface area contributed by atoms with Crippen molar-refractivity contribution in [2.24, 2.45) is 5.92 Å². The van der Waals surface area contributed by atoms with Crippen molar-refractivity contribution >= 4 is 28.8 Å². The Bertz CT molecular complexity index is 1080. The molecule has 0 saturated heterocycles. The van der Waals surface area contributed by atoms with Crippen molar-refractivity contribution in [2.45, 2.75) is 46.1 Å². The molecule has 0 radical (unpaired) electrons. The first-order valence-electron chi connectivity index (χ1n) is 11.6. The van der Waals surface area contributed by atoms with Crippen molar-refractivity contribution in [3.05, 3.63) is 59.4 Å². The molecule has 0 aliphatic rings. The quantitative estimate of drug-likeness (QED) is 0.363. The largest absolute Gasteiger partial charge is 0.497 e. The van der Waals surface area contributed by atoms with E-state index < -0.39 is 0 Å². The number of fused-ring (bicyclic) bond motifs is 1. The molecular weight excluding hydrogens is 416 g/mol. The molecule has 1 aromatic heterocycles. The molecule has 1 atom stereocenters. The first kappa shape index (κ1) is 24.4. The third kappa shape index (κ3) is 5.38. The van der Waals surface area contributed by atoms with Crippen LogP contribution < -0.4 is 10.1 Å². The van der Waals surface area contributed by atoms with E-state index in [1.807, 2.05) is 42.5 Å². The molecule has 6 nitrogen and oxygen atoms in total. The number of amides is 1. The fourth-order valence-corrected chi connectivity index (χ4v) is 4.26. The lowest BCUT2D eigenvalue weighted by Crippen LogP contribution is -2.27. The monoisotopic (exact) mass is 450 g/mol. The van der Waals surface area contributed by atoms with Crippen LogP contribution in [-0.4, -0.2) is 37.8 Å². The van der Waals surface area contributed by atoms with Crippen molar-refractivity contribution in [2.75, 3.05) is 26.0 Å². The molecule has 6 heteroatoms. The Morgan fingerprint density at radius 3 is 2.45 bits per heavy atom. The van der Waals surface area contributed by atoms with Gasteiger partial charge in [0.05, 0.1) is 13.2 Å². The van der Waals surface area contributed by atoms with Gasteiger partial charge in [-0.25, -0.2) is 0 Å². The summed E-state index contributed by atoms with van der Waals surface area (Å²) in [6.45, 7) is 6.89. The van der Waals surface area contributed by atoms with E-state index in [0.29, 0.717) is 24.4 Å². The summed E-state index contributed by atoms with van der Waals surface area (Å²) in [4.78, 5) is 24.7. The minimum Gasteiger partial charge on any atom is -0.497 e. The zero-order chi connectivity index (χ0) is 24.0. The van der Waals surface area contributed by atoms with Gasteiger partial charge in [0.25, 0.3) is 5.91 Å². The van der Waals surface area contributed by atoms with Gasteiger partial charge in [-0.05, 0) is 55.3 Å². The highest BCUT2D eigenvalue weighted by Crippen LogP contribution is 2.38. The van der Waals surface area contributed by atoms with Gasteiger partial charge in [-0.3, -0.25) is 4.79 Å². The first-order chi connectivity index (χ1) is 15.9. The van der Waals surface area contributed by atoms with Crippen LogP contribution in [0.15, 0.2) is 46.9 Å². The van der Waals surface area contributed by atoms with Crippen molar-refractivity contribution in [3.63, 3.8) is 0 Å². The lowest BCUT2D eigenvalue weighted by Gasteiger charge is -2.26. The summed E-state index contributed by atoms with van der Waals surface area (Å²) in [5.41, 5.74) is 3.48. The van der Waals surface area contributed by atoms with Gasteiger partial charge < -0.3 is 24.2 Å². The molecule has 0 saturated carbocycles. The van der Waals surface area contributed by atoms with Crippen LogP contribution in [0.2, 0.25) is 0 Å². The molecule has 0 aliphatic carbocycles. The molecule has 3 aromatic rings. The number of hydrogen-bond acceptors (Lipinski definition) is 5. The number of ether oxygens (including phenoxy) is 1. The number of carbonyl (C=O) groups is 2. The number of nitrogens with zero attached hydrogens (tertiary/aromatic N) is 1. The number of benzene rings is 2. The summed E-state index contributed by atoms with van der Waals surface area (Å²) in [6.07, 6.45) is 3.17. The van der Waals surface area contributed by atoms with E-state index in [1.54, 1.807) is 19.1 Å². The van der Waals surface area contributed by atoms with Crippen LogP contribution >= 0.6 is 0 Å². The molecular formula is C27H34N2O4. The van der Waals surface area contributed by atoms with Gasteiger partial charge in [0.1, 0.15) is 23.4 Å². The van der Waals surface area contributed by atoms with Crippen molar-refractivity contribution < 1.29 is 18.7 Å². The van der Waals surface area contributed by atoms with Gasteiger partial charge in [0.2, 0.25) is 0 Å². The summed E-state index contributed by atoms with van der Waals surface area (Å²) in [5.74, 6) is 2.02. The molecule has 176 valence electrons. The lowest BCUT2D eigenvalue weighted by atomic mass is 9.90. The zero-order valence-electron chi connectivity index (χ0n) is 20.2. The fraction of sp³-hybridized carbons (Fsp3) is 0.407. The van der Waals surface area contributed by atoms with Crippen LogP contribution in [0.4, 0.5) is 5.69 Å². The number of methoxy groups -OCH3 is 1. The SMILES string of the molecule is CCC(CC)C(Nc1ccc(C(=O)N(C)CCC=O)cc1)c1oc2ccc(OC)cc2c1C. The van der Waals surface area contributed by atoms with E-state index in [9.17, 15) is 9.59 Å². The third-order valence-corrected chi connectivity index (χ3v) is 6.37. The second-order valence-corrected chi connectivity index (χ2v) is 8.41. The van der Waals surface area contributed by atoms with Crippen molar-refractivity contribution in [1.29, 1.82) is 0 Å². The lowest BCUT2D eigenvalue weighted by molar-refractivity contribution is -0.108. The predicted molar refractivity (Wildman–Crippen MR) is 132 cm³/mol. The highest BCUT2D eigenvalue weighted by atomic mass is 16.5. The number of aldehydes is 1. The molecule has 33 heavy (non-hydrogen) atoms. The standard InChI is InChI=1S/C27H34N2O4/c1-6-19(7-2)25(26-18(3)23-17-22(32-5)13-14-24(23)33-26)28-21-11-9-20(10-12-21)27(31)29(4)15-8-16-30/h9-14,16-17,19,25,28H,6-8,15H2,1-5H3. The Morgan fingerprint density at radius 1 is 1.15 bits per heavy atom. The van der Waals surface area contributed by atoms with E-state index in [4.69, 9.17) is 9.15 Å². The summed E-state index contributed by atoms with van der Waals surface area (Å²) in [7, 11) is 3.38. The van der Waals surface area contributed by atoms with Gasteiger partial charge in [0, 0.05) is 42.2 Å². The van der Waals surface area contributed by atoms with E-state index in [0.717, 1.165) is 52.9 Å². The summed E-state index contributed by atoms with van der Waals surface area (Å²) in [6, 6.07) is 13.4. The molecule has 0 aliphatic heterocycles. The van der Waals surface area contributed by atoms with E-state index in [2.05, 4.69) is 26.1 Å². The Kier molecular flexibility index (Phi) is 8.15. The maximum Gasteiger partial charge on any atom is 0.253 e. The molecule has 0 bridgehead atoms. The van der Waals surface area contributed by atoms with Gasteiger partial charge in [-0.15, -0.1) is 0 Å². The maximum atomic E-state index is 12.6. The van der Waals surface area contributed by atoms with Crippen LogP contribution in [-0.2, 0) is 4.79 Å². The number of furan rings is 1. The zero-order valence-corrected chi connectivity index (χ0v) is 20.2. The third-order valence-electron chi connectivity index (χ3n) is 6.37. The van der Waals surface area contributed by atoms with E-state index in [1.165, 1.54) is 0 Å². The minimum absolute atomic E-state index is 0.00443. The number of hydrogen-bond donors (Lipinski definition) is 1. The Labute approximate surface area is 195 Å². The van der Waals surface area contributed by atoms with Gasteiger partial charge in [-0.1, -0.05) is 26.7 Å². The van der Waals surface area contributed by atoms with Crippen LogP contribution in [0.3, 0.4) is 0 Å². The molecule has 1 N–H and O–H groups in total. The molecule has 1 amide bonds. The topological polar surface area (TPSA) is 71.8 Å². The van der Waals surface area contributed by atoms with Gasteiger partial charge in [-0.2, -0.15) is 0 Å². The Morgan fingerprint density at radius 2 is 1.85 bits per heavy atom. The van der Waals surface area contributed by atoms with Crippen LogP contribution in [0.25, 0.3) is 11.0 Å². The number of nitrogens with one attached hydrogen (secondary N) is 1. The summed E-state index contributed by atoms with van der Waals surface area (Å²) < 4.78 is 11.7. The van der Waals surface area contributed by atoms with Crippen LogP contribution in [0.5, 0.6) is 5.75 Å². The molecule has 0 spiro atoms. The highest BCUT2D eigenvalue weighted by Gasteiger charge is 2.27. The maximum absolute atomic E-state index is 12.6. The number of rotatable bonds is 11. The molecule has 1 unspecified atom stereocenters. The number of carbonyl (C=O) groups excluding carboxylic acids is 2. The smallest absolute Gasteiger partial charge is 0.253 e. The second-order valence-electron chi connectivity index (χ2n) is 8.41. The first-order valence-corrected chi connectivity index (χ1v) is 11.6. The minimum atomic E-state index is -0.0954. The van der Waals surface area contributed by atoms with Crippen LogP contribution in [0.1, 0.15) is 60.8 Å². The number of aryl methyl sites for hydroxylation is 1. The second kappa shape index (κ2) is 11.0. The Balaban J connectivity index is 1.89. The van der Waals surface area contributed by atoms with E-state index in [-0.39, 0.29) is 11.9 Å². The van der Waals surface area contributed by atoms with Gasteiger partial charge >= 0.3 is 0 Å². The molecule has 3 rings (SSSR count). The molecule has 1 heterocycles. The summed E-state index contributed by atoms with van der Waals surface area (Å²) >= 11 is 0.